The van der Waals surface area contributed by atoms with Crippen molar-refractivity contribution in [3.05, 3.63) is 84.2 Å². The summed E-state index contributed by atoms with van der Waals surface area (Å²) >= 11 is 0. The summed E-state index contributed by atoms with van der Waals surface area (Å²) in [5.74, 6) is 0.499. The zero-order chi connectivity index (χ0) is 25.0. The summed E-state index contributed by atoms with van der Waals surface area (Å²) in [7, 11) is 0. The van der Waals surface area contributed by atoms with Crippen LogP contribution in [0.15, 0.2) is 72.9 Å². The van der Waals surface area contributed by atoms with Gasteiger partial charge in [0.15, 0.2) is 0 Å². The molecule has 1 fully saturated rings. The number of pyridine rings is 1. The molecule has 0 aliphatic carbocycles. The van der Waals surface area contributed by atoms with E-state index in [-0.39, 0.29) is 18.4 Å². The number of aryl methyl sites for hydroxylation is 1. The van der Waals surface area contributed by atoms with Gasteiger partial charge >= 0.3 is 6.09 Å². The highest BCUT2D eigenvalue weighted by atomic mass is 16.6. The van der Waals surface area contributed by atoms with E-state index in [2.05, 4.69) is 10.3 Å². The number of carbonyl (C=O) groups excluding carboxylic acids is 2. The van der Waals surface area contributed by atoms with E-state index < -0.39 is 17.6 Å². The molecule has 7 heteroatoms. The predicted molar refractivity (Wildman–Crippen MR) is 135 cm³/mol. The second-order valence-electron chi connectivity index (χ2n) is 9.76. The van der Waals surface area contributed by atoms with Crippen LogP contribution in [0, 0.1) is 12.8 Å². The van der Waals surface area contributed by atoms with E-state index >= 15 is 0 Å². The van der Waals surface area contributed by atoms with Gasteiger partial charge in [0, 0.05) is 36.5 Å². The molecule has 7 nitrogen and oxygen atoms in total. The maximum Gasteiger partial charge on any atom is 0.410 e. The lowest BCUT2D eigenvalue weighted by molar-refractivity contribution is -0.119. The Morgan fingerprint density at radius 1 is 0.971 bits per heavy atom. The topological polar surface area (TPSA) is 80.8 Å². The molecule has 182 valence electrons. The fourth-order valence-electron chi connectivity index (χ4n) is 4.11. The SMILES string of the molecule is Cc1ccc(Oc2cccc(NC(=O)[C@@H]3CN(C(=O)OC(C)(C)C)C[C@H]3c3ccccc3)c2)cn1. The first-order valence-corrected chi connectivity index (χ1v) is 11.7. The lowest BCUT2D eigenvalue weighted by atomic mass is 9.88. The predicted octanol–water partition coefficient (Wildman–Crippen LogP) is 5.77. The molecule has 0 radical (unpaired) electrons. The molecule has 0 spiro atoms. The highest BCUT2D eigenvalue weighted by Gasteiger charge is 2.41. The van der Waals surface area contributed by atoms with Crippen LogP contribution in [-0.2, 0) is 9.53 Å². The van der Waals surface area contributed by atoms with Gasteiger partial charge in [-0.3, -0.25) is 9.78 Å². The summed E-state index contributed by atoms with van der Waals surface area (Å²) in [5.41, 5.74) is 1.94. The van der Waals surface area contributed by atoms with Crippen LogP contribution in [-0.4, -0.2) is 40.6 Å². The molecule has 3 aromatic rings. The fourth-order valence-corrected chi connectivity index (χ4v) is 4.11. The molecule has 1 aromatic heterocycles. The summed E-state index contributed by atoms with van der Waals surface area (Å²) in [5, 5.41) is 3.01. The molecule has 1 aliphatic rings. The van der Waals surface area contributed by atoms with Crippen molar-refractivity contribution < 1.29 is 19.1 Å². The van der Waals surface area contributed by atoms with Crippen molar-refractivity contribution >= 4 is 17.7 Å². The smallest absolute Gasteiger partial charge is 0.410 e. The monoisotopic (exact) mass is 473 g/mol. The van der Waals surface area contributed by atoms with E-state index in [4.69, 9.17) is 9.47 Å². The van der Waals surface area contributed by atoms with Gasteiger partial charge < -0.3 is 19.7 Å². The fraction of sp³-hybridized carbons (Fsp3) is 0.321. The average molecular weight is 474 g/mol. The molecule has 0 unspecified atom stereocenters. The first-order valence-electron chi connectivity index (χ1n) is 11.7. The van der Waals surface area contributed by atoms with Gasteiger partial charge in [-0.2, -0.15) is 0 Å². The van der Waals surface area contributed by atoms with Gasteiger partial charge in [0.25, 0.3) is 0 Å². The number of aromatic nitrogens is 1. The van der Waals surface area contributed by atoms with Gasteiger partial charge in [0.2, 0.25) is 5.91 Å². The van der Waals surface area contributed by atoms with Crippen molar-refractivity contribution in [1.29, 1.82) is 0 Å². The number of amides is 2. The molecule has 2 aromatic carbocycles. The second-order valence-corrected chi connectivity index (χ2v) is 9.76. The highest BCUT2D eigenvalue weighted by Crippen LogP contribution is 2.35. The first kappa shape index (κ1) is 24.3. The summed E-state index contributed by atoms with van der Waals surface area (Å²) in [6.07, 6.45) is 1.25. The number of hydrogen-bond acceptors (Lipinski definition) is 5. The van der Waals surface area contributed by atoms with Crippen LogP contribution in [0.5, 0.6) is 11.5 Å². The van der Waals surface area contributed by atoms with Crippen LogP contribution in [0.1, 0.15) is 37.9 Å². The number of benzene rings is 2. The van der Waals surface area contributed by atoms with Gasteiger partial charge in [-0.1, -0.05) is 36.4 Å². The Hall–Kier alpha value is -3.87. The third-order valence-corrected chi connectivity index (χ3v) is 5.76. The molecular weight excluding hydrogens is 442 g/mol. The van der Waals surface area contributed by atoms with E-state index in [1.807, 2.05) is 88.4 Å². The van der Waals surface area contributed by atoms with Crippen molar-refractivity contribution in [3.8, 4) is 11.5 Å². The highest BCUT2D eigenvalue weighted by molar-refractivity contribution is 5.94. The normalized spacial score (nSPS) is 17.7. The van der Waals surface area contributed by atoms with Crippen LogP contribution in [0.4, 0.5) is 10.5 Å². The van der Waals surface area contributed by atoms with Crippen LogP contribution >= 0.6 is 0 Å². The van der Waals surface area contributed by atoms with Gasteiger partial charge in [-0.15, -0.1) is 0 Å². The van der Waals surface area contributed by atoms with Gasteiger partial charge in [-0.05, 0) is 57.5 Å². The van der Waals surface area contributed by atoms with E-state index in [0.29, 0.717) is 23.7 Å². The minimum atomic E-state index is -0.604. The Morgan fingerprint density at radius 3 is 2.43 bits per heavy atom. The van der Waals surface area contributed by atoms with Crippen molar-refractivity contribution in [2.24, 2.45) is 5.92 Å². The van der Waals surface area contributed by atoms with Crippen molar-refractivity contribution in [3.63, 3.8) is 0 Å². The van der Waals surface area contributed by atoms with Crippen LogP contribution in [0.2, 0.25) is 0 Å². The zero-order valence-electron chi connectivity index (χ0n) is 20.5. The van der Waals surface area contributed by atoms with E-state index in [9.17, 15) is 9.59 Å². The van der Waals surface area contributed by atoms with Crippen LogP contribution in [0.25, 0.3) is 0 Å². The average Bonchev–Trinajstić information content (AvgIpc) is 3.26. The van der Waals surface area contributed by atoms with Gasteiger partial charge in [0.1, 0.15) is 17.1 Å². The molecule has 0 bridgehead atoms. The standard InChI is InChI=1S/C28H31N3O4/c1-19-13-14-23(16-29-19)34-22-12-8-11-21(15-22)30-26(32)25-18-31(27(33)35-28(2,3)4)17-24(25)20-9-6-5-7-10-20/h5-16,24-25H,17-18H2,1-4H3,(H,30,32)/t24-,25+/m0/s1. The van der Waals surface area contributed by atoms with Gasteiger partial charge in [-0.25, -0.2) is 4.79 Å². The molecule has 0 saturated carbocycles. The number of hydrogen-bond donors (Lipinski definition) is 1. The molecule has 35 heavy (non-hydrogen) atoms. The van der Waals surface area contributed by atoms with Crippen LogP contribution in [0.3, 0.4) is 0 Å². The number of nitrogens with one attached hydrogen (secondary N) is 1. The molecule has 2 atom stereocenters. The third-order valence-electron chi connectivity index (χ3n) is 5.76. The maximum atomic E-state index is 13.4. The Morgan fingerprint density at radius 2 is 1.74 bits per heavy atom. The minimum absolute atomic E-state index is 0.137. The molecule has 1 saturated heterocycles. The Balaban J connectivity index is 1.50. The Bertz CT molecular complexity index is 1170. The van der Waals surface area contributed by atoms with Crippen molar-refractivity contribution in [2.45, 2.75) is 39.2 Å². The van der Waals surface area contributed by atoms with Crippen molar-refractivity contribution in [2.75, 3.05) is 18.4 Å². The number of likely N-dealkylation sites (tertiary alicyclic amines) is 1. The quantitative estimate of drug-likeness (QED) is 0.509. The lowest BCUT2D eigenvalue weighted by Gasteiger charge is -2.24. The van der Waals surface area contributed by atoms with Gasteiger partial charge in [0.05, 0.1) is 12.1 Å². The maximum absolute atomic E-state index is 13.4. The number of nitrogens with zero attached hydrogens (tertiary/aromatic N) is 2. The van der Waals surface area contributed by atoms with E-state index in [1.54, 1.807) is 17.2 Å². The molecule has 1 aliphatic heterocycles. The first-order chi connectivity index (χ1) is 16.7. The Labute approximate surface area is 206 Å². The molecule has 1 N–H and O–H groups in total. The number of rotatable bonds is 5. The molecular formula is C28H31N3O4. The summed E-state index contributed by atoms with van der Waals surface area (Å²) < 4.78 is 11.4. The lowest BCUT2D eigenvalue weighted by Crippen LogP contribution is -2.36. The molecule has 4 rings (SSSR count). The third kappa shape index (κ3) is 6.38. The number of carbonyl (C=O) groups is 2. The number of ether oxygens (including phenoxy) is 2. The number of anilines is 1. The van der Waals surface area contributed by atoms with Crippen LogP contribution < -0.4 is 10.1 Å². The Kier molecular flexibility index (Phi) is 7.05. The molecule has 2 heterocycles. The molecule has 2 amide bonds. The second kappa shape index (κ2) is 10.2. The van der Waals surface area contributed by atoms with E-state index in [1.165, 1.54) is 0 Å². The largest absolute Gasteiger partial charge is 0.456 e. The summed E-state index contributed by atoms with van der Waals surface area (Å²) in [6, 6.07) is 20.8. The summed E-state index contributed by atoms with van der Waals surface area (Å²) in [6.45, 7) is 8.12. The van der Waals surface area contributed by atoms with Crippen molar-refractivity contribution in [1.82, 2.24) is 9.88 Å². The van der Waals surface area contributed by atoms with E-state index in [0.717, 1.165) is 11.3 Å². The minimum Gasteiger partial charge on any atom is -0.456 e. The summed E-state index contributed by atoms with van der Waals surface area (Å²) in [4.78, 5) is 32.0. The zero-order valence-corrected chi connectivity index (χ0v) is 20.5.